The summed E-state index contributed by atoms with van der Waals surface area (Å²) in [5.41, 5.74) is -0.0754. The topological polar surface area (TPSA) is 15.3 Å². The van der Waals surface area contributed by atoms with Gasteiger partial charge in [-0.2, -0.15) is 0 Å². The molecule has 0 atom stereocenters. The molecule has 3 rings (SSSR count). The lowest BCUT2D eigenvalue weighted by molar-refractivity contribution is 0.196. The summed E-state index contributed by atoms with van der Waals surface area (Å²) in [6.45, 7) is 5.34. The summed E-state index contributed by atoms with van der Waals surface area (Å²) in [6, 6.07) is 2.35. The fourth-order valence-corrected chi connectivity index (χ4v) is 3.96. The molecule has 1 aromatic rings. The molecule has 21 heavy (non-hydrogen) atoms. The van der Waals surface area contributed by atoms with Gasteiger partial charge in [-0.05, 0) is 38.8 Å². The van der Waals surface area contributed by atoms with Gasteiger partial charge in [0.1, 0.15) is 0 Å². The minimum atomic E-state index is -1.38. The van der Waals surface area contributed by atoms with E-state index >= 15 is 0 Å². The van der Waals surface area contributed by atoms with Gasteiger partial charge in [0.05, 0.1) is 5.69 Å². The van der Waals surface area contributed by atoms with Crippen molar-refractivity contribution >= 4 is 5.69 Å². The van der Waals surface area contributed by atoms with Gasteiger partial charge in [0, 0.05) is 24.2 Å². The normalized spacial score (nSPS) is 23.8. The van der Waals surface area contributed by atoms with Crippen LogP contribution < -0.4 is 10.2 Å². The molecule has 0 bridgehead atoms. The van der Waals surface area contributed by atoms with Crippen LogP contribution in [0.3, 0.4) is 0 Å². The van der Waals surface area contributed by atoms with E-state index in [4.69, 9.17) is 0 Å². The Kier molecular flexibility index (Phi) is 3.43. The monoisotopic (exact) mass is 298 g/mol. The first-order chi connectivity index (χ1) is 9.82. The average Bonchev–Trinajstić information content (AvgIpc) is 2.81. The molecular weight excluding hydrogens is 277 g/mol. The minimum absolute atomic E-state index is 0.0426. The van der Waals surface area contributed by atoms with Crippen molar-refractivity contribution in [2.45, 2.75) is 50.6 Å². The molecule has 1 saturated heterocycles. The van der Waals surface area contributed by atoms with Gasteiger partial charge < -0.3 is 10.2 Å². The first-order valence-electron chi connectivity index (χ1n) is 7.50. The Morgan fingerprint density at radius 3 is 2.33 bits per heavy atom. The molecule has 2 nitrogen and oxygen atoms in total. The summed E-state index contributed by atoms with van der Waals surface area (Å²) in [4.78, 5) is 1.86. The maximum atomic E-state index is 14.1. The van der Waals surface area contributed by atoms with Crippen LogP contribution in [-0.4, -0.2) is 24.2 Å². The third-order valence-corrected chi connectivity index (χ3v) is 4.60. The molecule has 1 spiro atoms. The molecule has 5 heteroatoms. The van der Waals surface area contributed by atoms with Crippen LogP contribution in [0.4, 0.5) is 18.9 Å². The van der Waals surface area contributed by atoms with Gasteiger partial charge >= 0.3 is 0 Å². The van der Waals surface area contributed by atoms with Gasteiger partial charge in [0.2, 0.25) is 0 Å². The van der Waals surface area contributed by atoms with E-state index in [1.54, 1.807) is 0 Å². The number of nitrogens with one attached hydrogen (secondary N) is 1. The lowest BCUT2D eigenvalue weighted by Crippen LogP contribution is -2.68. The maximum Gasteiger partial charge on any atom is 0.196 e. The van der Waals surface area contributed by atoms with Crippen molar-refractivity contribution in [1.29, 1.82) is 0 Å². The summed E-state index contributed by atoms with van der Waals surface area (Å²) < 4.78 is 40.7. The first-order valence-corrected chi connectivity index (χ1v) is 7.50. The molecule has 2 fully saturated rings. The van der Waals surface area contributed by atoms with E-state index in [2.05, 4.69) is 19.2 Å². The lowest BCUT2D eigenvalue weighted by Gasteiger charge is -2.50. The van der Waals surface area contributed by atoms with Crippen LogP contribution >= 0.6 is 0 Å². The number of piperazine rings is 1. The molecule has 1 aliphatic heterocycles. The van der Waals surface area contributed by atoms with Crippen molar-refractivity contribution in [3.05, 3.63) is 29.6 Å². The predicted octanol–water partition coefficient (Wildman–Crippen LogP) is 3.60. The molecule has 0 radical (unpaired) electrons. The molecule has 2 aliphatic rings. The highest BCUT2D eigenvalue weighted by atomic mass is 19.2. The second-order valence-electron chi connectivity index (χ2n) is 7.05. The molecule has 1 saturated carbocycles. The van der Waals surface area contributed by atoms with Gasteiger partial charge in [-0.15, -0.1) is 0 Å². The van der Waals surface area contributed by atoms with E-state index in [0.717, 1.165) is 31.7 Å². The first kappa shape index (κ1) is 14.7. The Labute approximate surface area is 123 Å². The van der Waals surface area contributed by atoms with Crippen molar-refractivity contribution in [2.24, 2.45) is 0 Å². The van der Waals surface area contributed by atoms with Crippen LogP contribution in [-0.2, 0) is 0 Å². The molecule has 1 heterocycles. The second-order valence-corrected chi connectivity index (χ2v) is 7.05. The Morgan fingerprint density at radius 2 is 1.67 bits per heavy atom. The number of nitrogens with zero attached hydrogens (tertiary/aromatic N) is 1. The molecule has 0 amide bonds. The SMILES string of the molecule is CC1(C)CN(c2ccc(F)c(F)c2F)CC2(CCCC2)N1. The van der Waals surface area contributed by atoms with E-state index in [1.807, 2.05) is 4.90 Å². The largest absolute Gasteiger partial charge is 0.365 e. The van der Waals surface area contributed by atoms with Crippen LogP contribution in [0.5, 0.6) is 0 Å². The maximum absolute atomic E-state index is 14.1. The highest BCUT2D eigenvalue weighted by Gasteiger charge is 2.44. The molecule has 0 aromatic heterocycles. The minimum Gasteiger partial charge on any atom is -0.365 e. The summed E-state index contributed by atoms with van der Waals surface area (Å²) in [6.07, 6.45) is 4.38. The zero-order valence-electron chi connectivity index (χ0n) is 12.5. The van der Waals surface area contributed by atoms with Crippen molar-refractivity contribution in [3.8, 4) is 0 Å². The van der Waals surface area contributed by atoms with E-state index in [1.165, 1.54) is 6.07 Å². The van der Waals surface area contributed by atoms with Gasteiger partial charge in [-0.25, -0.2) is 13.2 Å². The molecule has 116 valence electrons. The number of anilines is 1. The number of hydrogen-bond acceptors (Lipinski definition) is 2. The Hall–Kier alpha value is -1.23. The summed E-state index contributed by atoms with van der Waals surface area (Å²) >= 11 is 0. The molecular formula is C16H21F3N2. The molecule has 1 aromatic carbocycles. The fourth-order valence-electron chi connectivity index (χ4n) is 3.96. The predicted molar refractivity (Wildman–Crippen MR) is 76.9 cm³/mol. The van der Waals surface area contributed by atoms with Gasteiger partial charge in [0.25, 0.3) is 0 Å². The Bertz CT molecular complexity index is 551. The smallest absolute Gasteiger partial charge is 0.196 e. The average molecular weight is 298 g/mol. The zero-order valence-corrected chi connectivity index (χ0v) is 12.5. The van der Waals surface area contributed by atoms with E-state index < -0.39 is 17.5 Å². The Morgan fingerprint density at radius 1 is 1.00 bits per heavy atom. The van der Waals surface area contributed by atoms with Crippen LogP contribution in [0.2, 0.25) is 0 Å². The summed E-state index contributed by atoms with van der Waals surface area (Å²) in [5.74, 6) is -3.61. The summed E-state index contributed by atoms with van der Waals surface area (Å²) in [5, 5.41) is 3.68. The third-order valence-electron chi connectivity index (χ3n) is 4.60. The number of benzene rings is 1. The zero-order chi connectivity index (χ0) is 15.3. The fraction of sp³-hybridized carbons (Fsp3) is 0.625. The molecule has 0 unspecified atom stereocenters. The highest BCUT2D eigenvalue weighted by molar-refractivity contribution is 5.50. The van der Waals surface area contributed by atoms with E-state index in [-0.39, 0.29) is 16.8 Å². The number of halogens is 3. The van der Waals surface area contributed by atoms with Crippen molar-refractivity contribution in [1.82, 2.24) is 5.32 Å². The quantitative estimate of drug-likeness (QED) is 0.797. The highest BCUT2D eigenvalue weighted by Crippen LogP contribution is 2.38. The van der Waals surface area contributed by atoms with Crippen LogP contribution in [0, 0.1) is 17.5 Å². The number of hydrogen-bond donors (Lipinski definition) is 1. The van der Waals surface area contributed by atoms with Crippen LogP contribution in [0.25, 0.3) is 0 Å². The second kappa shape index (κ2) is 4.90. The summed E-state index contributed by atoms with van der Waals surface area (Å²) in [7, 11) is 0. The van der Waals surface area contributed by atoms with Crippen molar-refractivity contribution in [3.63, 3.8) is 0 Å². The van der Waals surface area contributed by atoms with E-state index in [9.17, 15) is 13.2 Å². The Balaban J connectivity index is 1.96. The third kappa shape index (κ3) is 2.63. The number of rotatable bonds is 1. The van der Waals surface area contributed by atoms with Crippen molar-refractivity contribution < 1.29 is 13.2 Å². The lowest BCUT2D eigenvalue weighted by atomic mass is 9.87. The van der Waals surface area contributed by atoms with Crippen LogP contribution in [0.1, 0.15) is 39.5 Å². The van der Waals surface area contributed by atoms with E-state index in [0.29, 0.717) is 13.1 Å². The molecule has 1 N–H and O–H groups in total. The van der Waals surface area contributed by atoms with Gasteiger partial charge in [-0.3, -0.25) is 0 Å². The van der Waals surface area contributed by atoms with Gasteiger partial charge in [-0.1, -0.05) is 12.8 Å². The molecule has 1 aliphatic carbocycles. The van der Waals surface area contributed by atoms with Crippen molar-refractivity contribution in [2.75, 3.05) is 18.0 Å². The van der Waals surface area contributed by atoms with Crippen LogP contribution in [0.15, 0.2) is 12.1 Å². The standard InChI is InChI=1S/C16H21F3N2/c1-15(2)9-21(10-16(20-15)7-3-4-8-16)12-6-5-11(17)13(18)14(12)19/h5-6,20H,3-4,7-10H2,1-2H3. The van der Waals surface area contributed by atoms with Gasteiger partial charge in [0.15, 0.2) is 17.5 Å².